The minimum absolute atomic E-state index is 0.0700. The van der Waals surface area contributed by atoms with Crippen LogP contribution in [0.2, 0.25) is 0 Å². The third-order valence-corrected chi connectivity index (χ3v) is 6.71. The number of amides is 1. The van der Waals surface area contributed by atoms with E-state index in [1.165, 1.54) is 0 Å². The van der Waals surface area contributed by atoms with E-state index in [2.05, 4.69) is 11.1 Å². The molecule has 3 aromatic carbocycles. The summed E-state index contributed by atoms with van der Waals surface area (Å²) >= 11 is 0. The van der Waals surface area contributed by atoms with E-state index >= 15 is 0 Å². The second kappa shape index (κ2) is 9.26. The predicted molar refractivity (Wildman–Crippen MR) is 142 cm³/mol. The van der Waals surface area contributed by atoms with Gasteiger partial charge in [0.2, 0.25) is 6.17 Å². The molecule has 0 fully saturated rings. The van der Waals surface area contributed by atoms with Crippen LogP contribution < -0.4 is 15.2 Å². The maximum atomic E-state index is 14.1. The molecular weight excluding hydrogens is 484 g/mol. The fourth-order valence-corrected chi connectivity index (χ4v) is 5.12. The first kappa shape index (κ1) is 23.6. The van der Waals surface area contributed by atoms with Gasteiger partial charge in [-0.3, -0.25) is 9.59 Å². The Morgan fingerprint density at radius 3 is 2.61 bits per heavy atom. The molecule has 6 rings (SSSR count). The number of para-hydroxylation sites is 1. The fourth-order valence-electron chi connectivity index (χ4n) is 5.12. The zero-order valence-electron chi connectivity index (χ0n) is 20.9. The quantitative estimate of drug-likeness (QED) is 0.383. The number of ether oxygens (including phenoxy) is 2. The van der Waals surface area contributed by atoms with Gasteiger partial charge in [-0.15, -0.1) is 0 Å². The summed E-state index contributed by atoms with van der Waals surface area (Å²) < 4.78 is 11.4. The molecule has 38 heavy (non-hydrogen) atoms. The molecule has 190 valence electrons. The number of hydrogen-bond acceptors (Lipinski definition) is 7. The topological polar surface area (TPSA) is 103 Å². The number of carbonyl (C=O) groups excluding carboxylic acids is 2. The molecule has 0 N–H and O–H groups in total. The molecule has 9 nitrogen and oxygen atoms in total. The third kappa shape index (κ3) is 3.83. The van der Waals surface area contributed by atoms with Crippen LogP contribution in [0.5, 0.6) is 6.01 Å². The van der Waals surface area contributed by atoms with Crippen molar-refractivity contribution in [1.29, 1.82) is 0 Å². The van der Waals surface area contributed by atoms with Crippen LogP contribution in [0.3, 0.4) is 0 Å². The van der Waals surface area contributed by atoms with Crippen LogP contribution in [-0.2, 0) is 16.0 Å². The van der Waals surface area contributed by atoms with E-state index in [4.69, 9.17) is 14.5 Å². The van der Waals surface area contributed by atoms with Crippen LogP contribution in [-0.4, -0.2) is 40.5 Å². The maximum Gasteiger partial charge on any atom is 0.516 e. The van der Waals surface area contributed by atoms with Crippen molar-refractivity contribution >= 4 is 34.4 Å². The average Bonchev–Trinajstić information content (AvgIpc) is 3.29. The highest BCUT2D eigenvalue weighted by atomic mass is 16.7. The molecule has 0 bridgehead atoms. The van der Waals surface area contributed by atoms with E-state index in [9.17, 15) is 14.4 Å². The van der Waals surface area contributed by atoms with Gasteiger partial charge in [0, 0.05) is 17.7 Å². The number of rotatable bonds is 4. The van der Waals surface area contributed by atoms with Crippen molar-refractivity contribution in [2.45, 2.75) is 26.4 Å². The van der Waals surface area contributed by atoms with Crippen LogP contribution in [0.15, 0.2) is 76.5 Å². The molecule has 9 heteroatoms. The van der Waals surface area contributed by atoms with Gasteiger partial charge in [0.05, 0.1) is 28.9 Å². The van der Waals surface area contributed by atoms with Crippen molar-refractivity contribution < 1.29 is 19.1 Å². The predicted octanol–water partition coefficient (Wildman–Crippen LogP) is 4.18. The van der Waals surface area contributed by atoms with Crippen LogP contribution in [0.4, 0.5) is 10.5 Å². The second-order valence-corrected chi connectivity index (χ2v) is 9.15. The molecule has 3 heterocycles. The first-order valence-electron chi connectivity index (χ1n) is 12.4. The lowest BCUT2D eigenvalue weighted by Gasteiger charge is -2.23. The zero-order chi connectivity index (χ0) is 26.4. The molecule has 2 aliphatic rings. The average molecular weight is 509 g/mol. The SMILES string of the molecule is CCOC(=O)Oc1nc2ccccc2c(=O)n1C1N=C(c2ccccc2)c2cc(C)cc3c2N(CC3)C1=O. The van der Waals surface area contributed by atoms with E-state index in [1.807, 2.05) is 43.3 Å². The summed E-state index contributed by atoms with van der Waals surface area (Å²) in [6.45, 7) is 4.16. The first-order chi connectivity index (χ1) is 18.5. The minimum Gasteiger partial charge on any atom is -0.434 e. The van der Waals surface area contributed by atoms with Crippen LogP contribution in [0.1, 0.15) is 35.3 Å². The highest BCUT2D eigenvalue weighted by molar-refractivity contribution is 6.20. The van der Waals surface area contributed by atoms with Crippen LogP contribution in [0, 0.1) is 6.92 Å². The smallest absolute Gasteiger partial charge is 0.434 e. The Hall–Kier alpha value is -4.79. The number of aromatic nitrogens is 2. The number of anilines is 1. The largest absolute Gasteiger partial charge is 0.516 e. The molecule has 4 aromatic rings. The van der Waals surface area contributed by atoms with Gasteiger partial charge in [-0.2, -0.15) is 4.98 Å². The Balaban J connectivity index is 1.64. The molecular formula is C29H24N4O5. The lowest BCUT2D eigenvalue weighted by Crippen LogP contribution is -2.39. The Morgan fingerprint density at radius 2 is 1.82 bits per heavy atom. The summed E-state index contributed by atoms with van der Waals surface area (Å²) in [7, 11) is 0. The highest BCUT2D eigenvalue weighted by Crippen LogP contribution is 2.39. The maximum absolute atomic E-state index is 14.1. The third-order valence-electron chi connectivity index (χ3n) is 6.71. The highest BCUT2D eigenvalue weighted by Gasteiger charge is 2.39. The van der Waals surface area contributed by atoms with Crippen molar-refractivity contribution in [3.63, 3.8) is 0 Å². The molecule has 0 saturated heterocycles. The lowest BCUT2D eigenvalue weighted by atomic mass is 9.96. The summed E-state index contributed by atoms with van der Waals surface area (Å²) in [6, 6.07) is 19.9. The monoisotopic (exact) mass is 508 g/mol. The molecule has 1 aromatic heterocycles. The molecule has 0 saturated carbocycles. The van der Waals surface area contributed by atoms with Crippen molar-refractivity contribution in [1.82, 2.24) is 9.55 Å². The molecule has 2 aliphatic heterocycles. The molecule has 1 unspecified atom stereocenters. The van der Waals surface area contributed by atoms with Crippen molar-refractivity contribution in [3.8, 4) is 6.01 Å². The zero-order valence-corrected chi connectivity index (χ0v) is 20.9. The van der Waals surface area contributed by atoms with E-state index in [0.717, 1.165) is 32.5 Å². The standard InChI is InChI=1S/C29H24N4O5/c1-3-37-29(36)38-28-30-22-12-8-7-11-20(22)26(34)33(28)25-27(35)32-14-13-19-15-17(2)16-21(24(19)32)23(31-25)18-9-5-4-6-10-18/h4-12,15-16,25H,3,13-14H2,1-2H3. The lowest BCUT2D eigenvalue weighted by molar-refractivity contribution is -0.121. The van der Waals surface area contributed by atoms with Crippen LogP contribution >= 0.6 is 0 Å². The minimum atomic E-state index is -1.36. The Bertz CT molecular complexity index is 1690. The van der Waals surface area contributed by atoms with Gasteiger partial charge in [0.15, 0.2) is 0 Å². The van der Waals surface area contributed by atoms with Crippen molar-refractivity contribution in [3.05, 3.63) is 99.3 Å². The van der Waals surface area contributed by atoms with E-state index in [1.54, 1.807) is 36.1 Å². The number of benzene rings is 3. The molecule has 0 spiro atoms. The van der Waals surface area contributed by atoms with E-state index in [-0.39, 0.29) is 18.0 Å². The van der Waals surface area contributed by atoms with E-state index < -0.39 is 23.8 Å². The Labute approximate surface area is 218 Å². The number of carbonyl (C=O) groups is 2. The number of nitrogens with zero attached hydrogens (tertiary/aromatic N) is 4. The molecule has 1 atom stereocenters. The Kier molecular flexibility index (Phi) is 5.75. The van der Waals surface area contributed by atoms with Crippen molar-refractivity contribution in [2.75, 3.05) is 18.1 Å². The summed E-state index contributed by atoms with van der Waals surface area (Å²) in [5.74, 6) is -0.410. The van der Waals surface area contributed by atoms with Gasteiger partial charge < -0.3 is 14.4 Å². The number of aryl methyl sites for hydroxylation is 1. The van der Waals surface area contributed by atoms with Gasteiger partial charge in [-0.05, 0) is 44.0 Å². The molecule has 0 radical (unpaired) electrons. The summed E-state index contributed by atoms with van der Waals surface area (Å²) in [6.07, 6.45) is -1.71. The second-order valence-electron chi connectivity index (χ2n) is 9.15. The molecule has 1 amide bonds. The normalized spacial score (nSPS) is 16.2. The van der Waals surface area contributed by atoms with Gasteiger partial charge in [-0.25, -0.2) is 14.4 Å². The number of fused-ring (bicyclic) bond motifs is 1. The summed E-state index contributed by atoms with van der Waals surface area (Å²) in [5, 5.41) is 0.271. The summed E-state index contributed by atoms with van der Waals surface area (Å²) in [5.41, 5.74) is 4.83. The molecule has 0 aliphatic carbocycles. The van der Waals surface area contributed by atoms with Crippen LogP contribution in [0.25, 0.3) is 10.9 Å². The Morgan fingerprint density at radius 1 is 1.05 bits per heavy atom. The summed E-state index contributed by atoms with van der Waals surface area (Å²) in [4.78, 5) is 51.4. The number of hydrogen-bond donors (Lipinski definition) is 0. The van der Waals surface area contributed by atoms with Crippen molar-refractivity contribution in [2.24, 2.45) is 4.99 Å². The van der Waals surface area contributed by atoms with Gasteiger partial charge in [-0.1, -0.05) is 54.1 Å². The van der Waals surface area contributed by atoms with Gasteiger partial charge in [0.1, 0.15) is 0 Å². The first-order valence-corrected chi connectivity index (χ1v) is 12.4. The van der Waals surface area contributed by atoms with Gasteiger partial charge in [0.25, 0.3) is 11.5 Å². The van der Waals surface area contributed by atoms with Gasteiger partial charge >= 0.3 is 12.2 Å². The fraction of sp³-hybridized carbons (Fsp3) is 0.207. The number of aliphatic imine (C=N–C) groups is 1. The van der Waals surface area contributed by atoms with E-state index in [0.29, 0.717) is 24.2 Å².